The fraction of sp³-hybridized carbons (Fsp3) is 0.500. The van der Waals surface area contributed by atoms with Crippen molar-refractivity contribution in [3.05, 3.63) is 54.1 Å². The van der Waals surface area contributed by atoms with E-state index in [0.717, 1.165) is 12.8 Å². The number of esters is 1. The van der Waals surface area contributed by atoms with E-state index in [4.69, 9.17) is 21.7 Å². The summed E-state index contributed by atoms with van der Waals surface area (Å²) in [7, 11) is 0. The lowest BCUT2D eigenvalue weighted by Gasteiger charge is -2.58. The summed E-state index contributed by atoms with van der Waals surface area (Å²) in [5.74, 6) is -0.192. The quantitative estimate of drug-likeness (QED) is 0.580. The van der Waals surface area contributed by atoms with E-state index in [1.165, 1.54) is 11.1 Å². The molecule has 0 unspecified atom stereocenters. The van der Waals surface area contributed by atoms with E-state index in [1.54, 1.807) is 23.3 Å². The summed E-state index contributed by atoms with van der Waals surface area (Å²) < 4.78 is 13.8. The number of aromatic nitrogens is 2. The Kier molecular flexibility index (Phi) is 4.38. The molecule has 5 nitrogen and oxygen atoms in total. The van der Waals surface area contributed by atoms with Crippen molar-refractivity contribution in [3.8, 4) is 0 Å². The number of rotatable bonds is 3. The fourth-order valence-electron chi connectivity index (χ4n) is 4.65. The molecule has 1 aromatic heterocycles. The Morgan fingerprint density at radius 2 is 2.11 bits per heavy atom. The number of benzene rings is 1. The van der Waals surface area contributed by atoms with Crippen LogP contribution in [-0.4, -0.2) is 33.4 Å². The molecule has 1 aromatic carbocycles. The Labute approximate surface area is 171 Å². The van der Waals surface area contributed by atoms with E-state index < -0.39 is 5.41 Å². The first-order valence-corrected chi connectivity index (χ1v) is 10.0. The Bertz CT molecular complexity index is 918. The number of imidazole rings is 1. The summed E-state index contributed by atoms with van der Waals surface area (Å²) in [6.07, 6.45) is 6.62. The second kappa shape index (κ2) is 6.41. The molecule has 2 aromatic rings. The van der Waals surface area contributed by atoms with Crippen molar-refractivity contribution < 1.29 is 14.3 Å². The summed E-state index contributed by atoms with van der Waals surface area (Å²) in [5, 5.41) is 0.377. The van der Waals surface area contributed by atoms with Gasteiger partial charge in [0.05, 0.1) is 10.8 Å². The molecule has 0 N–H and O–H groups in total. The number of carbonyl (C=O) groups is 1. The number of fused-ring (bicyclic) bond motifs is 3. The molecule has 0 spiro atoms. The van der Waals surface area contributed by atoms with Crippen molar-refractivity contribution in [2.75, 3.05) is 6.61 Å². The van der Waals surface area contributed by atoms with Gasteiger partial charge in [-0.3, -0.25) is 9.36 Å². The first-order chi connectivity index (χ1) is 13.2. The predicted octanol–water partition coefficient (Wildman–Crippen LogP) is 3.89. The van der Waals surface area contributed by atoms with Gasteiger partial charge in [-0.1, -0.05) is 31.2 Å². The van der Waals surface area contributed by atoms with Gasteiger partial charge < -0.3 is 9.47 Å². The average molecular weight is 399 g/mol. The van der Waals surface area contributed by atoms with E-state index in [-0.39, 0.29) is 22.9 Å². The summed E-state index contributed by atoms with van der Waals surface area (Å²) in [4.78, 5) is 16.5. The third-order valence-corrected chi connectivity index (χ3v) is 6.77. The lowest BCUT2D eigenvalue weighted by atomic mass is 9.49. The molecule has 2 aliphatic carbocycles. The van der Waals surface area contributed by atoms with Gasteiger partial charge in [0.2, 0.25) is 0 Å². The maximum atomic E-state index is 12.5. The predicted molar refractivity (Wildman–Crippen MR) is 110 cm³/mol. The van der Waals surface area contributed by atoms with Crippen LogP contribution in [0.3, 0.4) is 0 Å². The molecule has 0 radical (unpaired) electrons. The molecule has 2 aliphatic rings. The van der Waals surface area contributed by atoms with E-state index in [9.17, 15) is 4.79 Å². The lowest BCUT2D eigenvalue weighted by Crippen LogP contribution is -2.65. The van der Waals surface area contributed by atoms with Gasteiger partial charge >= 0.3 is 5.97 Å². The number of carbonyl (C=O) groups excluding carboxylic acids is 1. The smallest absolute Gasteiger partial charge is 0.311 e. The molecule has 6 heteroatoms. The zero-order valence-electron chi connectivity index (χ0n) is 16.8. The van der Waals surface area contributed by atoms with Gasteiger partial charge in [0, 0.05) is 17.8 Å². The maximum absolute atomic E-state index is 12.5. The minimum Gasteiger partial charge on any atom is -0.466 e. The van der Waals surface area contributed by atoms with Crippen LogP contribution >= 0.6 is 12.2 Å². The van der Waals surface area contributed by atoms with Gasteiger partial charge in [-0.25, -0.2) is 4.98 Å². The Hall–Kier alpha value is -2.21. The molecule has 0 bridgehead atoms. The van der Waals surface area contributed by atoms with E-state index >= 15 is 0 Å². The Morgan fingerprint density at radius 3 is 2.79 bits per heavy atom. The molecule has 28 heavy (non-hydrogen) atoms. The molecular weight excluding hydrogens is 372 g/mol. The van der Waals surface area contributed by atoms with Crippen molar-refractivity contribution >= 4 is 23.4 Å². The SMILES string of the molecule is CC(C)(C)C(=O)OC[C@]12Cc3ccccc3[C@@]1(C)C[C@@H]2OC(=S)n1ccnc1. The minimum atomic E-state index is -0.537. The van der Waals surface area contributed by atoms with Gasteiger partial charge in [0.25, 0.3) is 5.17 Å². The Morgan fingerprint density at radius 1 is 1.36 bits per heavy atom. The molecule has 1 heterocycles. The van der Waals surface area contributed by atoms with Gasteiger partial charge in [0.15, 0.2) is 0 Å². The molecule has 0 aliphatic heterocycles. The molecule has 1 saturated carbocycles. The number of thiocarbonyl (C=S) groups is 1. The molecular formula is C22H26N2O3S. The first kappa shape index (κ1) is 19.1. The first-order valence-electron chi connectivity index (χ1n) is 9.62. The van der Waals surface area contributed by atoms with Crippen LogP contribution in [0.25, 0.3) is 0 Å². The van der Waals surface area contributed by atoms with Gasteiger partial charge in [0.1, 0.15) is 19.0 Å². The summed E-state index contributed by atoms with van der Waals surface area (Å²) >= 11 is 5.47. The van der Waals surface area contributed by atoms with Crippen LogP contribution in [-0.2, 0) is 26.1 Å². The number of ether oxygens (including phenoxy) is 2. The molecule has 0 amide bonds. The van der Waals surface area contributed by atoms with Crippen molar-refractivity contribution in [1.29, 1.82) is 0 Å². The maximum Gasteiger partial charge on any atom is 0.311 e. The van der Waals surface area contributed by atoms with Crippen molar-refractivity contribution in [3.63, 3.8) is 0 Å². The van der Waals surface area contributed by atoms with Crippen LogP contribution in [0.15, 0.2) is 43.0 Å². The largest absolute Gasteiger partial charge is 0.466 e. The molecule has 0 saturated heterocycles. The van der Waals surface area contributed by atoms with Crippen LogP contribution in [0, 0.1) is 10.8 Å². The van der Waals surface area contributed by atoms with Gasteiger partial charge in [-0.2, -0.15) is 0 Å². The van der Waals surface area contributed by atoms with E-state index in [2.05, 4.69) is 36.2 Å². The van der Waals surface area contributed by atoms with Crippen molar-refractivity contribution in [2.24, 2.45) is 10.8 Å². The highest BCUT2D eigenvalue weighted by molar-refractivity contribution is 7.80. The van der Waals surface area contributed by atoms with E-state index in [1.807, 2.05) is 20.8 Å². The topological polar surface area (TPSA) is 53.4 Å². The normalized spacial score (nSPS) is 28.1. The zero-order valence-corrected chi connectivity index (χ0v) is 17.6. The minimum absolute atomic E-state index is 0.100. The van der Waals surface area contributed by atoms with Crippen LogP contribution in [0.2, 0.25) is 0 Å². The van der Waals surface area contributed by atoms with Gasteiger partial charge in [-0.15, -0.1) is 0 Å². The second-order valence-corrected chi connectivity index (χ2v) is 9.54. The zero-order chi connectivity index (χ0) is 20.2. The highest BCUT2D eigenvalue weighted by Gasteiger charge is 2.69. The third kappa shape index (κ3) is 2.77. The van der Waals surface area contributed by atoms with E-state index in [0.29, 0.717) is 11.8 Å². The average Bonchev–Trinajstić information content (AvgIpc) is 3.23. The molecule has 148 valence electrons. The summed E-state index contributed by atoms with van der Waals surface area (Å²) in [5.41, 5.74) is 1.68. The fourth-order valence-corrected chi connectivity index (χ4v) is 4.88. The summed E-state index contributed by atoms with van der Waals surface area (Å²) in [6, 6.07) is 8.49. The highest BCUT2D eigenvalue weighted by Crippen LogP contribution is 2.65. The van der Waals surface area contributed by atoms with Crippen molar-refractivity contribution in [2.45, 2.75) is 52.1 Å². The van der Waals surface area contributed by atoms with Crippen LogP contribution in [0.1, 0.15) is 45.2 Å². The Balaban J connectivity index is 1.62. The second-order valence-electron chi connectivity index (χ2n) is 9.19. The number of hydrogen-bond acceptors (Lipinski definition) is 5. The lowest BCUT2D eigenvalue weighted by molar-refractivity contribution is -0.180. The third-order valence-electron chi connectivity index (χ3n) is 6.46. The van der Waals surface area contributed by atoms with Crippen LogP contribution in [0.4, 0.5) is 0 Å². The van der Waals surface area contributed by atoms with Crippen LogP contribution < -0.4 is 0 Å². The molecule has 3 atom stereocenters. The summed E-state index contributed by atoms with van der Waals surface area (Å²) in [6.45, 7) is 8.20. The molecule has 4 rings (SSSR count). The monoisotopic (exact) mass is 398 g/mol. The van der Waals surface area contributed by atoms with Gasteiger partial charge in [-0.05, 0) is 57.0 Å². The highest BCUT2D eigenvalue weighted by atomic mass is 32.1. The van der Waals surface area contributed by atoms with Crippen LogP contribution in [0.5, 0.6) is 0 Å². The standard InChI is InChI=1S/C22H26N2O3S/c1-20(2,3)18(25)26-13-22-11-15-7-5-6-8-16(15)21(22,4)12-17(22)27-19(28)24-10-9-23-14-24/h5-10,14,17H,11-13H2,1-4H3/t17-,21+,22-/m0/s1. The van der Waals surface area contributed by atoms with Crippen molar-refractivity contribution in [1.82, 2.24) is 9.55 Å². The number of nitrogens with zero attached hydrogens (tertiary/aromatic N) is 2. The molecule has 1 fully saturated rings. The number of hydrogen-bond donors (Lipinski definition) is 0.